The first-order chi connectivity index (χ1) is 15.5. The van der Waals surface area contributed by atoms with E-state index in [0.717, 1.165) is 30.5 Å². The van der Waals surface area contributed by atoms with Crippen molar-refractivity contribution in [3.05, 3.63) is 65.7 Å². The molecule has 0 aliphatic heterocycles. The Balaban J connectivity index is 1.68. The smallest absolute Gasteiger partial charge is 0.242 e. The molecule has 2 rings (SSSR count). The van der Waals surface area contributed by atoms with Gasteiger partial charge in [0.05, 0.1) is 12.6 Å². The van der Waals surface area contributed by atoms with E-state index in [1.54, 1.807) is 24.1 Å². The number of carbonyl (C=O) groups excluding carboxylic acids is 2. The van der Waals surface area contributed by atoms with Crippen LogP contribution in [0.15, 0.2) is 54.6 Å². The Bertz CT molecular complexity index is 812. The lowest BCUT2D eigenvalue weighted by Crippen LogP contribution is -2.44. The lowest BCUT2D eigenvalue weighted by Gasteiger charge is -2.25. The van der Waals surface area contributed by atoms with Gasteiger partial charge in [0.15, 0.2) is 0 Å². The minimum Gasteiger partial charge on any atom is -0.508 e. The van der Waals surface area contributed by atoms with Crippen molar-refractivity contribution in [3.63, 3.8) is 0 Å². The van der Waals surface area contributed by atoms with E-state index in [-0.39, 0.29) is 30.2 Å². The molecule has 7 heteroatoms. The second-order valence-corrected chi connectivity index (χ2v) is 7.81. The Morgan fingerprint density at radius 3 is 2.38 bits per heavy atom. The van der Waals surface area contributed by atoms with E-state index in [4.69, 9.17) is 4.74 Å². The molecule has 7 nitrogen and oxygen atoms in total. The molecule has 0 spiro atoms. The summed E-state index contributed by atoms with van der Waals surface area (Å²) < 4.78 is 5.32. The van der Waals surface area contributed by atoms with Crippen molar-refractivity contribution in [2.75, 3.05) is 39.8 Å². The molecule has 0 fully saturated rings. The number of hydrogen-bond donors (Lipinski definition) is 3. The van der Waals surface area contributed by atoms with Crippen LogP contribution in [0.4, 0.5) is 0 Å². The number of carbonyl (C=O) groups is 2. The van der Waals surface area contributed by atoms with Gasteiger partial charge in [0.2, 0.25) is 11.8 Å². The molecule has 174 valence electrons. The van der Waals surface area contributed by atoms with Gasteiger partial charge in [-0.25, -0.2) is 0 Å². The summed E-state index contributed by atoms with van der Waals surface area (Å²) >= 11 is 0. The predicted octanol–water partition coefficient (Wildman–Crippen LogP) is 2.14. The van der Waals surface area contributed by atoms with Crippen LogP contribution in [0.2, 0.25) is 0 Å². The van der Waals surface area contributed by atoms with E-state index in [0.29, 0.717) is 26.1 Å². The summed E-state index contributed by atoms with van der Waals surface area (Å²) in [6.07, 6.45) is 1.79. The minimum atomic E-state index is -0.154. The van der Waals surface area contributed by atoms with E-state index in [1.807, 2.05) is 49.4 Å². The molecule has 0 aliphatic rings. The Labute approximate surface area is 190 Å². The Morgan fingerprint density at radius 1 is 1.00 bits per heavy atom. The van der Waals surface area contributed by atoms with Gasteiger partial charge in [0.25, 0.3) is 0 Å². The van der Waals surface area contributed by atoms with Crippen LogP contribution in [0.25, 0.3) is 0 Å². The summed E-state index contributed by atoms with van der Waals surface area (Å²) in [7, 11) is 1.63. The van der Waals surface area contributed by atoms with Crippen molar-refractivity contribution in [1.82, 2.24) is 15.5 Å². The molecular formula is C25H35N3O4. The summed E-state index contributed by atoms with van der Waals surface area (Å²) in [5.74, 6) is -0.0139. The Kier molecular flexibility index (Phi) is 11.3. The molecule has 1 atom stereocenters. The van der Waals surface area contributed by atoms with Gasteiger partial charge >= 0.3 is 0 Å². The number of hydrogen-bond acceptors (Lipinski definition) is 5. The van der Waals surface area contributed by atoms with Crippen LogP contribution in [0.5, 0.6) is 5.75 Å². The lowest BCUT2D eigenvalue weighted by molar-refractivity contribution is -0.134. The first-order valence-corrected chi connectivity index (χ1v) is 11.1. The summed E-state index contributed by atoms with van der Waals surface area (Å²) in [5, 5.41) is 15.3. The second-order valence-electron chi connectivity index (χ2n) is 7.81. The number of phenols is 1. The molecule has 0 saturated heterocycles. The highest BCUT2D eigenvalue weighted by Gasteiger charge is 2.17. The van der Waals surface area contributed by atoms with Crippen molar-refractivity contribution in [1.29, 1.82) is 0 Å². The monoisotopic (exact) mass is 441 g/mol. The first-order valence-electron chi connectivity index (χ1n) is 11.1. The molecule has 32 heavy (non-hydrogen) atoms. The lowest BCUT2D eigenvalue weighted by atomic mass is 10.1. The molecule has 0 saturated carbocycles. The zero-order valence-corrected chi connectivity index (χ0v) is 19.0. The standard InChI is InChI=1S/C25H35N3O4/c1-20(32-2)19-28(17-14-21-6-4-3-5-7-21)25(31)18-27-24(30)13-16-26-15-12-22-8-10-23(29)11-9-22/h3-11,20,26,29H,12-19H2,1-2H3,(H,27,30). The highest BCUT2D eigenvalue weighted by atomic mass is 16.5. The molecule has 3 N–H and O–H groups in total. The molecule has 2 aromatic rings. The van der Waals surface area contributed by atoms with Gasteiger partial charge in [-0.3, -0.25) is 9.59 Å². The van der Waals surface area contributed by atoms with Crippen LogP contribution in [-0.2, 0) is 27.2 Å². The Hall–Kier alpha value is -2.90. The molecule has 2 amide bonds. The zero-order chi connectivity index (χ0) is 23.2. The fraction of sp³-hybridized carbons (Fsp3) is 0.440. The van der Waals surface area contributed by atoms with E-state index in [2.05, 4.69) is 10.6 Å². The maximum atomic E-state index is 12.7. The van der Waals surface area contributed by atoms with Gasteiger partial charge in [0, 0.05) is 33.2 Å². The molecule has 0 aromatic heterocycles. The maximum Gasteiger partial charge on any atom is 0.242 e. The highest BCUT2D eigenvalue weighted by molar-refractivity contribution is 5.84. The summed E-state index contributed by atoms with van der Waals surface area (Å²) in [6, 6.07) is 17.1. The normalized spacial score (nSPS) is 11.7. The second kappa shape index (κ2) is 14.2. The average Bonchev–Trinajstić information content (AvgIpc) is 2.81. The van der Waals surface area contributed by atoms with E-state index in [1.165, 1.54) is 0 Å². The van der Waals surface area contributed by atoms with Gasteiger partial charge in [-0.05, 0) is 49.6 Å². The first kappa shape index (κ1) is 25.4. The van der Waals surface area contributed by atoms with Crippen LogP contribution in [0.1, 0.15) is 24.5 Å². The van der Waals surface area contributed by atoms with Crippen LogP contribution < -0.4 is 10.6 Å². The summed E-state index contributed by atoms with van der Waals surface area (Å²) in [5.41, 5.74) is 2.28. The molecule has 0 bridgehead atoms. The number of aromatic hydroxyl groups is 1. The van der Waals surface area contributed by atoms with Gasteiger partial charge in [-0.15, -0.1) is 0 Å². The molecule has 0 radical (unpaired) electrons. The third kappa shape index (κ3) is 9.94. The number of nitrogens with one attached hydrogen (secondary N) is 2. The van der Waals surface area contributed by atoms with Crippen molar-refractivity contribution in [3.8, 4) is 5.75 Å². The molecule has 2 aromatic carbocycles. The number of nitrogens with zero attached hydrogens (tertiary/aromatic N) is 1. The molecule has 0 aliphatic carbocycles. The number of rotatable bonds is 14. The predicted molar refractivity (Wildman–Crippen MR) is 126 cm³/mol. The van der Waals surface area contributed by atoms with Crippen molar-refractivity contribution in [2.24, 2.45) is 0 Å². The largest absolute Gasteiger partial charge is 0.508 e. The number of phenolic OH excluding ortho intramolecular Hbond substituents is 1. The van der Waals surface area contributed by atoms with Crippen molar-refractivity contribution in [2.45, 2.75) is 32.3 Å². The SMILES string of the molecule is COC(C)CN(CCc1ccccc1)C(=O)CNC(=O)CCNCCc1ccc(O)cc1. The third-order valence-electron chi connectivity index (χ3n) is 5.24. The number of benzene rings is 2. The van der Waals surface area contributed by atoms with E-state index < -0.39 is 0 Å². The Morgan fingerprint density at radius 2 is 1.69 bits per heavy atom. The van der Waals surface area contributed by atoms with E-state index in [9.17, 15) is 14.7 Å². The van der Waals surface area contributed by atoms with E-state index >= 15 is 0 Å². The number of methoxy groups -OCH3 is 1. The van der Waals surface area contributed by atoms with Crippen LogP contribution in [0, 0.1) is 0 Å². The van der Waals surface area contributed by atoms with Crippen molar-refractivity contribution >= 4 is 11.8 Å². The number of amides is 2. The van der Waals surface area contributed by atoms with Crippen LogP contribution in [0.3, 0.4) is 0 Å². The number of ether oxygens (including phenoxy) is 1. The molecule has 1 unspecified atom stereocenters. The van der Waals surface area contributed by atoms with Gasteiger partial charge < -0.3 is 25.4 Å². The molecule has 0 heterocycles. The van der Waals surface area contributed by atoms with Crippen molar-refractivity contribution < 1.29 is 19.4 Å². The minimum absolute atomic E-state index is 0.0163. The molecular weight excluding hydrogens is 406 g/mol. The van der Waals surface area contributed by atoms with Gasteiger partial charge in [-0.2, -0.15) is 0 Å². The summed E-state index contributed by atoms with van der Waals surface area (Å²) in [6.45, 7) is 4.24. The highest BCUT2D eigenvalue weighted by Crippen LogP contribution is 2.09. The fourth-order valence-corrected chi connectivity index (χ4v) is 3.21. The quantitative estimate of drug-likeness (QED) is 0.391. The average molecular weight is 442 g/mol. The fourth-order valence-electron chi connectivity index (χ4n) is 3.21. The zero-order valence-electron chi connectivity index (χ0n) is 19.0. The maximum absolute atomic E-state index is 12.7. The summed E-state index contributed by atoms with van der Waals surface area (Å²) in [4.78, 5) is 26.6. The third-order valence-corrected chi connectivity index (χ3v) is 5.24. The topological polar surface area (TPSA) is 90.9 Å². The van der Waals surface area contributed by atoms with Crippen LogP contribution in [-0.4, -0.2) is 67.8 Å². The van der Waals surface area contributed by atoms with Crippen LogP contribution >= 0.6 is 0 Å². The van der Waals surface area contributed by atoms with Gasteiger partial charge in [-0.1, -0.05) is 42.5 Å². The van der Waals surface area contributed by atoms with Gasteiger partial charge in [0.1, 0.15) is 5.75 Å².